The summed E-state index contributed by atoms with van der Waals surface area (Å²) in [5, 5.41) is 2.72. The first-order valence-electron chi connectivity index (χ1n) is 5.70. The van der Waals surface area contributed by atoms with Crippen LogP contribution in [0.3, 0.4) is 0 Å². The second-order valence-electron chi connectivity index (χ2n) is 3.89. The van der Waals surface area contributed by atoms with Crippen molar-refractivity contribution in [1.29, 1.82) is 0 Å². The average molecular weight is 229 g/mol. The third-order valence-corrected chi connectivity index (χ3v) is 2.85. The Hall–Kier alpha value is -1.26. The lowest BCUT2D eigenvalue weighted by Gasteiger charge is -2.29. The van der Waals surface area contributed by atoms with Gasteiger partial charge in [0.1, 0.15) is 0 Å². The van der Waals surface area contributed by atoms with Crippen LogP contribution in [0.4, 0.5) is 4.79 Å². The van der Waals surface area contributed by atoms with E-state index >= 15 is 0 Å². The first kappa shape index (κ1) is 12.8. The number of hydrogen-bond acceptors (Lipinski definition) is 4. The van der Waals surface area contributed by atoms with E-state index in [4.69, 9.17) is 9.47 Å². The number of amides is 1. The lowest BCUT2D eigenvalue weighted by atomic mass is 9.84. The Morgan fingerprint density at radius 1 is 1.31 bits per heavy atom. The van der Waals surface area contributed by atoms with Crippen molar-refractivity contribution in [3.05, 3.63) is 0 Å². The molecule has 1 amide bonds. The average Bonchev–Trinajstić information content (AvgIpc) is 2.29. The number of nitrogens with one attached hydrogen (secondary N) is 1. The second kappa shape index (κ2) is 6.35. The van der Waals surface area contributed by atoms with Gasteiger partial charge < -0.3 is 14.8 Å². The van der Waals surface area contributed by atoms with Crippen LogP contribution >= 0.6 is 0 Å². The predicted octanol–water partition coefficient (Wildman–Crippen LogP) is 1.46. The van der Waals surface area contributed by atoms with Crippen LogP contribution in [0.1, 0.15) is 32.6 Å². The third-order valence-electron chi connectivity index (χ3n) is 2.85. The third kappa shape index (κ3) is 3.40. The van der Waals surface area contributed by atoms with Crippen LogP contribution in [0.25, 0.3) is 0 Å². The highest BCUT2D eigenvalue weighted by Gasteiger charge is 2.32. The number of carbonyl (C=O) groups excluding carboxylic acids is 2. The molecule has 5 nitrogen and oxygen atoms in total. The fourth-order valence-corrected chi connectivity index (χ4v) is 2.06. The van der Waals surface area contributed by atoms with Crippen molar-refractivity contribution < 1.29 is 19.1 Å². The van der Waals surface area contributed by atoms with Crippen molar-refractivity contribution in [3.63, 3.8) is 0 Å². The van der Waals surface area contributed by atoms with Gasteiger partial charge in [-0.15, -0.1) is 0 Å². The molecule has 5 heteroatoms. The maximum Gasteiger partial charge on any atom is 0.407 e. The first-order valence-corrected chi connectivity index (χ1v) is 5.70. The summed E-state index contributed by atoms with van der Waals surface area (Å²) in [5.74, 6) is -0.482. The van der Waals surface area contributed by atoms with Crippen LogP contribution in [0.2, 0.25) is 0 Å². The van der Waals surface area contributed by atoms with Crippen LogP contribution in [-0.4, -0.2) is 31.8 Å². The fourth-order valence-electron chi connectivity index (χ4n) is 2.06. The topological polar surface area (TPSA) is 64.6 Å². The molecule has 0 aromatic carbocycles. The van der Waals surface area contributed by atoms with E-state index in [-0.39, 0.29) is 17.9 Å². The SMILES string of the molecule is CCOC(=O)N[C@@H]1CCCC[C@H]1C(=O)OC. The van der Waals surface area contributed by atoms with Gasteiger partial charge in [0.2, 0.25) is 0 Å². The van der Waals surface area contributed by atoms with E-state index in [9.17, 15) is 9.59 Å². The van der Waals surface area contributed by atoms with E-state index in [1.165, 1.54) is 7.11 Å². The zero-order valence-electron chi connectivity index (χ0n) is 9.82. The minimum Gasteiger partial charge on any atom is -0.469 e. The van der Waals surface area contributed by atoms with Crippen molar-refractivity contribution in [3.8, 4) is 0 Å². The number of alkyl carbamates (subject to hydrolysis) is 1. The van der Waals surface area contributed by atoms with Crippen LogP contribution in [0.5, 0.6) is 0 Å². The molecule has 0 radical (unpaired) electrons. The molecular formula is C11H19NO4. The van der Waals surface area contributed by atoms with Crippen molar-refractivity contribution in [2.24, 2.45) is 5.92 Å². The molecule has 0 aromatic rings. The number of carbonyl (C=O) groups is 2. The number of methoxy groups -OCH3 is 1. The zero-order chi connectivity index (χ0) is 12.0. The smallest absolute Gasteiger partial charge is 0.407 e. The van der Waals surface area contributed by atoms with Gasteiger partial charge in [-0.25, -0.2) is 4.79 Å². The van der Waals surface area contributed by atoms with Gasteiger partial charge in [-0.05, 0) is 19.8 Å². The molecule has 1 aliphatic carbocycles. The molecule has 0 heterocycles. The Morgan fingerprint density at radius 3 is 2.62 bits per heavy atom. The maximum absolute atomic E-state index is 11.5. The lowest BCUT2D eigenvalue weighted by Crippen LogP contribution is -2.45. The molecule has 92 valence electrons. The van der Waals surface area contributed by atoms with Gasteiger partial charge >= 0.3 is 12.1 Å². The molecular weight excluding hydrogens is 210 g/mol. The lowest BCUT2D eigenvalue weighted by molar-refractivity contribution is -0.147. The zero-order valence-corrected chi connectivity index (χ0v) is 9.82. The standard InChI is InChI=1S/C11H19NO4/c1-3-16-11(14)12-9-7-5-4-6-8(9)10(13)15-2/h8-9H,3-7H2,1-2H3,(H,12,14)/t8-,9-/m1/s1. The van der Waals surface area contributed by atoms with Gasteiger partial charge in [-0.3, -0.25) is 4.79 Å². The molecule has 1 fully saturated rings. The Balaban J connectivity index is 2.53. The summed E-state index contributed by atoms with van der Waals surface area (Å²) < 4.78 is 9.53. The van der Waals surface area contributed by atoms with E-state index in [1.807, 2.05) is 0 Å². The Bertz CT molecular complexity index is 254. The molecule has 0 saturated heterocycles. The van der Waals surface area contributed by atoms with Crippen molar-refractivity contribution in [1.82, 2.24) is 5.32 Å². The molecule has 1 aliphatic rings. The summed E-state index contributed by atoms with van der Waals surface area (Å²) in [6.45, 7) is 2.08. The molecule has 1 rings (SSSR count). The van der Waals surface area contributed by atoms with Gasteiger partial charge in [0.05, 0.1) is 19.6 Å². The van der Waals surface area contributed by atoms with Gasteiger partial charge in [0, 0.05) is 6.04 Å². The highest BCUT2D eigenvalue weighted by atomic mass is 16.5. The van der Waals surface area contributed by atoms with E-state index < -0.39 is 6.09 Å². The number of hydrogen-bond donors (Lipinski definition) is 1. The summed E-state index contributed by atoms with van der Waals surface area (Å²) in [7, 11) is 1.37. The highest BCUT2D eigenvalue weighted by Crippen LogP contribution is 2.25. The van der Waals surface area contributed by atoms with Gasteiger partial charge in [-0.2, -0.15) is 0 Å². The molecule has 1 saturated carbocycles. The monoisotopic (exact) mass is 229 g/mol. The Kier molecular flexibility index (Phi) is 5.08. The van der Waals surface area contributed by atoms with Gasteiger partial charge in [0.15, 0.2) is 0 Å². The summed E-state index contributed by atoms with van der Waals surface area (Å²) in [6, 6.07) is -0.153. The molecule has 2 atom stereocenters. The van der Waals surface area contributed by atoms with Gasteiger partial charge in [-0.1, -0.05) is 12.8 Å². The predicted molar refractivity (Wildman–Crippen MR) is 57.9 cm³/mol. The van der Waals surface area contributed by atoms with E-state index in [0.29, 0.717) is 6.61 Å². The van der Waals surface area contributed by atoms with E-state index in [0.717, 1.165) is 25.7 Å². The molecule has 0 spiro atoms. The summed E-state index contributed by atoms with van der Waals surface area (Å²) in [4.78, 5) is 22.8. The Labute approximate surface area is 95.5 Å². The molecule has 0 aliphatic heterocycles. The van der Waals surface area contributed by atoms with Crippen molar-refractivity contribution >= 4 is 12.1 Å². The van der Waals surface area contributed by atoms with Crippen molar-refractivity contribution in [2.45, 2.75) is 38.6 Å². The second-order valence-corrected chi connectivity index (χ2v) is 3.89. The number of rotatable bonds is 3. The fraction of sp³-hybridized carbons (Fsp3) is 0.818. The molecule has 0 unspecified atom stereocenters. The molecule has 0 aromatic heterocycles. The Morgan fingerprint density at radius 2 is 2.00 bits per heavy atom. The quantitative estimate of drug-likeness (QED) is 0.744. The largest absolute Gasteiger partial charge is 0.469 e. The van der Waals surface area contributed by atoms with Crippen LogP contribution in [0.15, 0.2) is 0 Å². The summed E-state index contributed by atoms with van der Waals surface area (Å²) in [5.41, 5.74) is 0. The maximum atomic E-state index is 11.5. The van der Waals surface area contributed by atoms with Crippen LogP contribution < -0.4 is 5.32 Å². The molecule has 1 N–H and O–H groups in total. The minimum absolute atomic E-state index is 0.153. The molecule has 16 heavy (non-hydrogen) atoms. The molecule has 0 bridgehead atoms. The number of ether oxygens (including phenoxy) is 2. The first-order chi connectivity index (χ1) is 7.69. The summed E-state index contributed by atoms with van der Waals surface area (Å²) >= 11 is 0. The number of esters is 1. The summed E-state index contributed by atoms with van der Waals surface area (Å²) in [6.07, 6.45) is 3.14. The van der Waals surface area contributed by atoms with Crippen LogP contribution in [0, 0.1) is 5.92 Å². The minimum atomic E-state index is -0.455. The highest BCUT2D eigenvalue weighted by molar-refractivity contribution is 5.75. The van der Waals surface area contributed by atoms with E-state index in [2.05, 4.69) is 5.32 Å². The van der Waals surface area contributed by atoms with E-state index in [1.54, 1.807) is 6.92 Å². The van der Waals surface area contributed by atoms with Crippen LogP contribution in [-0.2, 0) is 14.3 Å². The normalized spacial score (nSPS) is 24.6. The van der Waals surface area contributed by atoms with Gasteiger partial charge in [0.25, 0.3) is 0 Å². The van der Waals surface area contributed by atoms with Crippen molar-refractivity contribution in [2.75, 3.05) is 13.7 Å².